The number of hydrogen-bond acceptors (Lipinski definition) is 4. The summed E-state index contributed by atoms with van der Waals surface area (Å²) in [6.45, 7) is 0. The van der Waals surface area contributed by atoms with Crippen LogP contribution in [0.4, 0.5) is 0 Å². The first-order chi connectivity index (χ1) is 4.09. The lowest BCUT2D eigenvalue weighted by molar-refractivity contribution is -0.130. The van der Waals surface area contributed by atoms with Crippen molar-refractivity contribution in [1.29, 1.82) is 5.41 Å². The number of nitrogens with two attached hydrogens (primary N) is 1. The highest BCUT2D eigenvalue weighted by atomic mass is 16.4. The van der Waals surface area contributed by atoms with Crippen LogP contribution in [-0.4, -0.2) is 29.1 Å². The van der Waals surface area contributed by atoms with Crippen LogP contribution >= 0.6 is 0 Å². The maximum Gasteiger partial charge on any atom is 0.351 e. The van der Waals surface area contributed by atoms with Crippen LogP contribution in [0.15, 0.2) is 0 Å². The SMILES string of the molecule is N=C(C(=O)O)[C@H](N)C=O. The van der Waals surface area contributed by atoms with Crippen LogP contribution in [0.2, 0.25) is 0 Å². The fraction of sp³-hybridized carbons (Fsp3) is 0.250. The van der Waals surface area contributed by atoms with E-state index in [-0.39, 0.29) is 6.29 Å². The zero-order valence-electron chi connectivity index (χ0n) is 4.50. The number of carboxylic acids is 1. The molecule has 50 valence electrons. The molecule has 0 fully saturated rings. The number of aldehydes is 1. The second kappa shape index (κ2) is 2.93. The quantitative estimate of drug-likeness (QED) is 0.323. The molecule has 5 heteroatoms. The molecular formula is C4H6N2O3. The highest BCUT2D eigenvalue weighted by molar-refractivity contribution is 6.39. The van der Waals surface area contributed by atoms with Crippen molar-refractivity contribution in [3.8, 4) is 0 Å². The summed E-state index contributed by atoms with van der Waals surface area (Å²) in [5, 5.41) is 14.6. The second-order valence-electron chi connectivity index (χ2n) is 1.38. The number of carbonyl (C=O) groups excluding carboxylic acids is 1. The normalized spacial score (nSPS) is 12.1. The molecule has 0 rings (SSSR count). The van der Waals surface area contributed by atoms with E-state index in [4.69, 9.17) is 16.2 Å². The van der Waals surface area contributed by atoms with Gasteiger partial charge >= 0.3 is 5.97 Å². The van der Waals surface area contributed by atoms with E-state index in [0.717, 1.165) is 0 Å². The molecule has 5 nitrogen and oxygen atoms in total. The van der Waals surface area contributed by atoms with Crippen LogP contribution < -0.4 is 5.73 Å². The number of nitrogens with one attached hydrogen (secondary N) is 1. The zero-order valence-corrected chi connectivity index (χ0v) is 4.50. The third kappa shape index (κ3) is 2.00. The molecule has 0 bridgehead atoms. The lowest BCUT2D eigenvalue weighted by atomic mass is 10.2. The molecule has 1 atom stereocenters. The molecule has 0 radical (unpaired) electrons. The first kappa shape index (κ1) is 7.77. The molecule has 0 aliphatic carbocycles. The Bertz CT molecular complexity index is 154. The summed E-state index contributed by atoms with van der Waals surface area (Å²) >= 11 is 0. The Labute approximate surface area is 51.0 Å². The minimum absolute atomic E-state index is 0.205. The highest BCUT2D eigenvalue weighted by Crippen LogP contribution is 1.76. The molecule has 0 saturated heterocycles. The average Bonchev–Trinajstić information content (AvgIpc) is 1.84. The van der Waals surface area contributed by atoms with Crippen LogP contribution in [0.25, 0.3) is 0 Å². The van der Waals surface area contributed by atoms with Crippen molar-refractivity contribution in [3.63, 3.8) is 0 Å². The average molecular weight is 130 g/mol. The van der Waals surface area contributed by atoms with E-state index < -0.39 is 17.7 Å². The van der Waals surface area contributed by atoms with E-state index in [0.29, 0.717) is 0 Å². The van der Waals surface area contributed by atoms with Crippen molar-refractivity contribution in [3.05, 3.63) is 0 Å². The van der Waals surface area contributed by atoms with Crippen LogP contribution in [0.3, 0.4) is 0 Å². The lowest BCUT2D eigenvalue weighted by Gasteiger charge is -1.97. The van der Waals surface area contributed by atoms with E-state index in [2.05, 4.69) is 0 Å². The Kier molecular flexibility index (Phi) is 2.53. The van der Waals surface area contributed by atoms with Crippen molar-refractivity contribution in [1.82, 2.24) is 0 Å². The molecule has 0 amide bonds. The Morgan fingerprint density at radius 3 is 2.33 bits per heavy atom. The molecule has 0 unspecified atom stereocenters. The maximum atomic E-state index is 9.84. The molecule has 9 heavy (non-hydrogen) atoms. The van der Waals surface area contributed by atoms with Gasteiger partial charge in [0.2, 0.25) is 0 Å². The van der Waals surface area contributed by atoms with Crippen LogP contribution in [0, 0.1) is 5.41 Å². The summed E-state index contributed by atoms with van der Waals surface area (Å²) in [5.41, 5.74) is 4.06. The summed E-state index contributed by atoms with van der Waals surface area (Å²) < 4.78 is 0. The summed E-state index contributed by atoms with van der Waals surface area (Å²) in [4.78, 5) is 19.6. The van der Waals surface area contributed by atoms with E-state index in [1.54, 1.807) is 0 Å². The van der Waals surface area contributed by atoms with Gasteiger partial charge in [0.1, 0.15) is 18.0 Å². The third-order valence-electron chi connectivity index (χ3n) is 0.710. The van der Waals surface area contributed by atoms with Gasteiger partial charge in [0.15, 0.2) is 0 Å². The summed E-state index contributed by atoms with van der Waals surface area (Å²) in [6, 6.07) is -1.30. The Balaban J connectivity index is 4.03. The van der Waals surface area contributed by atoms with Gasteiger partial charge in [-0.25, -0.2) is 4.79 Å². The van der Waals surface area contributed by atoms with Gasteiger partial charge in [0, 0.05) is 0 Å². The number of carboxylic acid groups (broad SMARTS) is 1. The number of aliphatic carboxylic acids is 1. The topological polar surface area (TPSA) is 104 Å². The third-order valence-corrected chi connectivity index (χ3v) is 0.710. The number of carbonyl (C=O) groups is 2. The van der Waals surface area contributed by atoms with Crippen molar-refractivity contribution >= 4 is 18.0 Å². The molecule has 0 aromatic carbocycles. The predicted octanol–water partition coefficient (Wildman–Crippen LogP) is -1.38. The maximum absolute atomic E-state index is 9.84. The molecule has 0 aliphatic rings. The van der Waals surface area contributed by atoms with Gasteiger partial charge in [-0.05, 0) is 0 Å². The smallest absolute Gasteiger partial charge is 0.351 e. The molecular weight excluding hydrogens is 124 g/mol. The fourth-order valence-corrected chi connectivity index (χ4v) is 0.211. The molecule has 0 heterocycles. The Morgan fingerprint density at radius 1 is 1.78 bits per heavy atom. The minimum atomic E-state index is -1.46. The van der Waals surface area contributed by atoms with E-state index in [1.165, 1.54) is 0 Å². The van der Waals surface area contributed by atoms with Crippen molar-refractivity contribution < 1.29 is 14.7 Å². The van der Waals surface area contributed by atoms with Crippen molar-refractivity contribution in [2.45, 2.75) is 6.04 Å². The summed E-state index contributed by atoms with van der Waals surface area (Å²) in [6.07, 6.45) is 0.205. The van der Waals surface area contributed by atoms with Gasteiger partial charge in [0.05, 0.1) is 0 Å². The summed E-state index contributed by atoms with van der Waals surface area (Å²) in [5.74, 6) is -1.46. The predicted molar refractivity (Wildman–Crippen MR) is 29.4 cm³/mol. The molecule has 0 aromatic heterocycles. The van der Waals surface area contributed by atoms with E-state index >= 15 is 0 Å². The highest BCUT2D eigenvalue weighted by Gasteiger charge is 2.14. The van der Waals surface area contributed by atoms with Gasteiger partial charge in [-0.15, -0.1) is 0 Å². The monoisotopic (exact) mass is 130 g/mol. The molecule has 0 saturated carbocycles. The van der Waals surface area contributed by atoms with Crippen molar-refractivity contribution in [2.75, 3.05) is 0 Å². The van der Waals surface area contributed by atoms with Gasteiger partial charge < -0.3 is 15.6 Å². The van der Waals surface area contributed by atoms with Crippen LogP contribution in [0.1, 0.15) is 0 Å². The second-order valence-corrected chi connectivity index (χ2v) is 1.38. The zero-order chi connectivity index (χ0) is 7.44. The van der Waals surface area contributed by atoms with Gasteiger partial charge in [-0.3, -0.25) is 5.41 Å². The van der Waals surface area contributed by atoms with E-state index in [9.17, 15) is 9.59 Å². The molecule has 0 aliphatic heterocycles. The van der Waals surface area contributed by atoms with E-state index in [1.807, 2.05) is 0 Å². The Hall–Kier alpha value is -1.23. The number of rotatable bonds is 3. The van der Waals surface area contributed by atoms with Gasteiger partial charge in [-0.2, -0.15) is 0 Å². The first-order valence-corrected chi connectivity index (χ1v) is 2.12. The van der Waals surface area contributed by atoms with Crippen molar-refractivity contribution in [2.24, 2.45) is 5.73 Å². The molecule has 0 spiro atoms. The standard InChI is InChI=1S/C4H6N2O3/c5-2(1-7)3(6)4(8)9/h1-2,6H,5H2,(H,8,9)/t2-/m1/s1. The Morgan fingerprint density at radius 2 is 2.22 bits per heavy atom. The minimum Gasteiger partial charge on any atom is -0.477 e. The van der Waals surface area contributed by atoms with Crippen LogP contribution in [0.5, 0.6) is 0 Å². The lowest BCUT2D eigenvalue weighted by Crippen LogP contribution is -2.36. The first-order valence-electron chi connectivity index (χ1n) is 2.12. The summed E-state index contributed by atoms with van der Waals surface area (Å²) in [7, 11) is 0. The molecule has 4 N–H and O–H groups in total. The van der Waals surface area contributed by atoms with Gasteiger partial charge in [0.25, 0.3) is 0 Å². The largest absolute Gasteiger partial charge is 0.477 e. The number of hydrogen-bond donors (Lipinski definition) is 3. The fourth-order valence-electron chi connectivity index (χ4n) is 0.211. The van der Waals surface area contributed by atoms with Gasteiger partial charge in [-0.1, -0.05) is 0 Å². The van der Waals surface area contributed by atoms with Crippen LogP contribution in [-0.2, 0) is 9.59 Å². The molecule has 0 aromatic rings.